The first-order valence-corrected chi connectivity index (χ1v) is 11.6. The van der Waals surface area contributed by atoms with Gasteiger partial charge in [0.1, 0.15) is 11.3 Å². The molecule has 0 N–H and O–H groups in total. The molecule has 2 aromatic rings. The molecule has 0 unspecified atom stereocenters. The minimum absolute atomic E-state index is 0.0809. The van der Waals surface area contributed by atoms with Crippen molar-refractivity contribution in [3.05, 3.63) is 64.0 Å². The first kappa shape index (κ1) is 20.3. The largest absolute Gasteiger partial charge is 0.465 e. The van der Waals surface area contributed by atoms with Crippen molar-refractivity contribution in [2.75, 3.05) is 32.7 Å². The summed E-state index contributed by atoms with van der Waals surface area (Å²) in [7, 11) is 0. The Bertz CT molecular complexity index is 1000. The van der Waals surface area contributed by atoms with Crippen LogP contribution in [-0.2, 0) is 6.54 Å². The number of carbonyl (C=O) groups excluding carboxylic acids is 1. The quantitative estimate of drug-likeness (QED) is 0.757. The second-order valence-electron chi connectivity index (χ2n) is 9.23. The Morgan fingerprint density at radius 3 is 2.68 bits per heavy atom. The van der Waals surface area contributed by atoms with E-state index in [0.717, 1.165) is 63.4 Å². The van der Waals surface area contributed by atoms with E-state index in [1.165, 1.54) is 12.8 Å². The molecule has 164 valence electrons. The van der Waals surface area contributed by atoms with Gasteiger partial charge >= 0.3 is 0 Å². The van der Waals surface area contributed by atoms with Crippen molar-refractivity contribution in [2.24, 2.45) is 5.92 Å². The van der Waals surface area contributed by atoms with Gasteiger partial charge in [-0.15, -0.1) is 0 Å². The van der Waals surface area contributed by atoms with Gasteiger partial charge in [-0.1, -0.05) is 18.9 Å². The summed E-state index contributed by atoms with van der Waals surface area (Å²) in [5, 5.41) is 0. The number of fused-ring (bicyclic) bond motifs is 4. The molecule has 2 saturated heterocycles. The summed E-state index contributed by atoms with van der Waals surface area (Å²) in [6, 6.07) is 7.67. The van der Waals surface area contributed by atoms with Crippen molar-refractivity contribution in [2.45, 2.75) is 44.6 Å². The third-order valence-electron chi connectivity index (χ3n) is 6.99. The topological polar surface area (TPSA) is 58.7 Å². The van der Waals surface area contributed by atoms with Crippen LogP contribution < -0.4 is 5.56 Å². The molecule has 0 aliphatic carbocycles. The predicted octanol–water partition coefficient (Wildman–Crippen LogP) is 3.59. The van der Waals surface area contributed by atoms with Gasteiger partial charge in [-0.25, -0.2) is 0 Å². The maximum atomic E-state index is 13.3. The van der Waals surface area contributed by atoms with Crippen molar-refractivity contribution in [1.29, 1.82) is 0 Å². The van der Waals surface area contributed by atoms with Crippen molar-refractivity contribution in [3.63, 3.8) is 0 Å². The standard InChI is InChI=1S/C25H31N3O3/c29-24(27-12-3-1-2-4-13-27)22-9-10-23-20-15-19(17-28(23)25(22)30)16-26(18-20)11-5-7-21-8-6-14-31-21/h5-10,14,19-20H,1-4,11-13,15-18H2/b7-5+/t19-,20+/m0/s1. The molecule has 3 aliphatic heterocycles. The van der Waals surface area contributed by atoms with Crippen LogP contribution in [0.2, 0.25) is 0 Å². The lowest BCUT2D eigenvalue weighted by atomic mass is 9.83. The zero-order chi connectivity index (χ0) is 21.2. The molecule has 2 fully saturated rings. The summed E-state index contributed by atoms with van der Waals surface area (Å²) in [4.78, 5) is 30.7. The zero-order valence-corrected chi connectivity index (χ0v) is 18.0. The minimum atomic E-state index is -0.0902. The van der Waals surface area contributed by atoms with Gasteiger partial charge in [0, 0.05) is 50.9 Å². The van der Waals surface area contributed by atoms with E-state index in [1.807, 2.05) is 33.7 Å². The van der Waals surface area contributed by atoms with Crippen molar-refractivity contribution in [3.8, 4) is 0 Å². The molecule has 5 rings (SSSR count). The Kier molecular flexibility index (Phi) is 5.81. The van der Waals surface area contributed by atoms with Gasteiger partial charge in [0.2, 0.25) is 0 Å². The van der Waals surface area contributed by atoms with Crippen LogP contribution in [0, 0.1) is 5.92 Å². The Morgan fingerprint density at radius 2 is 1.90 bits per heavy atom. The highest BCUT2D eigenvalue weighted by molar-refractivity contribution is 5.93. The van der Waals surface area contributed by atoms with Gasteiger partial charge in [-0.2, -0.15) is 0 Å². The van der Waals surface area contributed by atoms with Crippen LogP contribution in [0.1, 0.15) is 59.8 Å². The van der Waals surface area contributed by atoms with Gasteiger partial charge in [-0.05, 0) is 55.5 Å². The number of pyridine rings is 1. The molecule has 0 aromatic carbocycles. The van der Waals surface area contributed by atoms with E-state index in [1.54, 1.807) is 12.3 Å². The van der Waals surface area contributed by atoms with Crippen LogP contribution in [0.25, 0.3) is 6.08 Å². The molecule has 0 saturated carbocycles. The summed E-state index contributed by atoms with van der Waals surface area (Å²) in [5.41, 5.74) is 1.35. The Balaban J connectivity index is 1.32. The number of carbonyl (C=O) groups is 1. The van der Waals surface area contributed by atoms with E-state index >= 15 is 0 Å². The fourth-order valence-corrected chi connectivity index (χ4v) is 5.50. The number of likely N-dealkylation sites (tertiary alicyclic amines) is 2. The summed E-state index contributed by atoms with van der Waals surface area (Å²) in [6.07, 6.45) is 11.4. The number of piperidine rings is 1. The molecule has 1 amide bonds. The predicted molar refractivity (Wildman–Crippen MR) is 120 cm³/mol. The molecule has 2 aromatic heterocycles. The first-order valence-electron chi connectivity index (χ1n) is 11.6. The lowest BCUT2D eigenvalue weighted by Crippen LogP contribution is -2.48. The van der Waals surface area contributed by atoms with Crippen molar-refractivity contribution < 1.29 is 9.21 Å². The number of rotatable bonds is 4. The number of nitrogens with zero attached hydrogens (tertiary/aromatic N) is 3. The monoisotopic (exact) mass is 421 g/mol. The Hall–Kier alpha value is -2.60. The van der Waals surface area contributed by atoms with Crippen LogP contribution in [0.15, 0.2) is 45.8 Å². The third-order valence-corrected chi connectivity index (χ3v) is 6.99. The highest BCUT2D eigenvalue weighted by Gasteiger charge is 2.35. The summed E-state index contributed by atoms with van der Waals surface area (Å²) in [5.74, 6) is 1.59. The molecule has 0 radical (unpaired) electrons. The molecule has 2 atom stereocenters. The second-order valence-corrected chi connectivity index (χ2v) is 9.23. The number of furan rings is 1. The lowest BCUT2D eigenvalue weighted by Gasteiger charge is -2.42. The molecule has 0 spiro atoms. The van der Waals surface area contributed by atoms with Crippen LogP contribution in [-0.4, -0.2) is 53.0 Å². The average Bonchev–Trinajstić information content (AvgIpc) is 3.14. The molecule has 31 heavy (non-hydrogen) atoms. The van der Waals surface area contributed by atoms with Gasteiger partial charge in [0.05, 0.1) is 6.26 Å². The van der Waals surface area contributed by atoms with Crippen molar-refractivity contribution in [1.82, 2.24) is 14.4 Å². The normalized spacial score (nSPS) is 24.2. The van der Waals surface area contributed by atoms with Crippen LogP contribution in [0.4, 0.5) is 0 Å². The highest BCUT2D eigenvalue weighted by atomic mass is 16.3. The summed E-state index contributed by atoms with van der Waals surface area (Å²) >= 11 is 0. The molecule has 6 heteroatoms. The smallest absolute Gasteiger partial charge is 0.263 e. The molecular formula is C25H31N3O3. The van der Waals surface area contributed by atoms with Gasteiger partial charge in [0.15, 0.2) is 0 Å². The summed E-state index contributed by atoms with van der Waals surface area (Å²) < 4.78 is 7.27. The molecule has 2 bridgehead atoms. The maximum absolute atomic E-state index is 13.3. The average molecular weight is 422 g/mol. The van der Waals surface area contributed by atoms with Gasteiger partial charge in [0.25, 0.3) is 11.5 Å². The number of amides is 1. The lowest BCUT2D eigenvalue weighted by molar-refractivity contribution is 0.0757. The number of hydrogen-bond acceptors (Lipinski definition) is 4. The zero-order valence-electron chi connectivity index (χ0n) is 18.0. The van der Waals surface area contributed by atoms with Crippen LogP contribution in [0.3, 0.4) is 0 Å². The highest BCUT2D eigenvalue weighted by Crippen LogP contribution is 2.35. The fraction of sp³-hybridized carbons (Fsp3) is 0.520. The number of hydrogen-bond donors (Lipinski definition) is 0. The molecular weight excluding hydrogens is 390 g/mol. The SMILES string of the molecule is O=C(c1ccc2n(c1=O)C[C@H]1C[C@@H]2CN(C/C=C/c2ccco2)C1)N1CCCCCC1. The summed E-state index contributed by atoms with van der Waals surface area (Å²) in [6.45, 7) is 5.05. The minimum Gasteiger partial charge on any atom is -0.465 e. The maximum Gasteiger partial charge on any atom is 0.263 e. The molecule has 5 heterocycles. The molecule has 3 aliphatic rings. The second kappa shape index (κ2) is 8.87. The van der Waals surface area contributed by atoms with Gasteiger partial charge in [-0.3, -0.25) is 14.5 Å². The third kappa shape index (κ3) is 4.26. The van der Waals surface area contributed by atoms with Crippen LogP contribution >= 0.6 is 0 Å². The fourth-order valence-electron chi connectivity index (χ4n) is 5.50. The van der Waals surface area contributed by atoms with Gasteiger partial charge < -0.3 is 13.9 Å². The van der Waals surface area contributed by atoms with E-state index in [4.69, 9.17) is 4.42 Å². The Labute approximate surface area is 183 Å². The van der Waals surface area contributed by atoms with Crippen LogP contribution in [0.5, 0.6) is 0 Å². The van der Waals surface area contributed by atoms with E-state index in [2.05, 4.69) is 11.0 Å². The molecule has 6 nitrogen and oxygen atoms in total. The van der Waals surface area contributed by atoms with E-state index < -0.39 is 0 Å². The first-order chi connectivity index (χ1) is 15.2. The van der Waals surface area contributed by atoms with Crippen molar-refractivity contribution >= 4 is 12.0 Å². The Morgan fingerprint density at radius 1 is 1.06 bits per heavy atom. The number of aromatic nitrogens is 1. The van der Waals surface area contributed by atoms with E-state index in [-0.39, 0.29) is 11.5 Å². The van der Waals surface area contributed by atoms with E-state index in [9.17, 15) is 9.59 Å². The van der Waals surface area contributed by atoms with E-state index in [0.29, 0.717) is 23.9 Å².